The van der Waals surface area contributed by atoms with Crippen LogP contribution in [0, 0.1) is 0 Å². The van der Waals surface area contributed by atoms with Crippen LogP contribution >= 0.6 is 0 Å². The van der Waals surface area contributed by atoms with Gasteiger partial charge in [0.2, 0.25) is 16.7 Å². The fraction of sp³-hybridized carbons (Fsp3) is 0.148. The number of fused-ring (bicyclic) bond motifs is 2. The van der Waals surface area contributed by atoms with Gasteiger partial charge in [-0.3, -0.25) is 9.59 Å². The summed E-state index contributed by atoms with van der Waals surface area (Å²) in [6.07, 6.45) is 0.173. The SMILES string of the molecule is O=C(CCc1cccc2c(C(=O)O)c3ccccc3[n+](-c3ccccc3)c12)ON1C(=O)CCC1=O. The standard InChI is InChI=1S/C27H20N2O6/c30-22-14-15-23(31)29(22)35-24(32)16-13-17-7-6-11-20-25(27(33)34)19-10-4-5-12-21(19)28(26(17)20)18-8-2-1-3-9-18/h1-12H,13-16H2/p+1. The Kier molecular flexibility index (Phi) is 5.70. The lowest BCUT2D eigenvalue weighted by atomic mass is 9.97. The largest absolute Gasteiger partial charge is 0.478 e. The van der Waals surface area contributed by atoms with Crippen molar-refractivity contribution in [2.75, 3.05) is 0 Å². The number of carboxylic acid groups (broad SMARTS) is 1. The number of carboxylic acids is 1. The molecule has 5 rings (SSSR count). The van der Waals surface area contributed by atoms with E-state index >= 15 is 0 Å². The molecule has 1 aliphatic heterocycles. The van der Waals surface area contributed by atoms with E-state index < -0.39 is 23.8 Å². The number of amides is 2. The summed E-state index contributed by atoms with van der Waals surface area (Å²) < 4.78 is 1.99. The second-order valence-corrected chi connectivity index (χ2v) is 8.23. The molecule has 1 N–H and O–H groups in total. The van der Waals surface area contributed by atoms with E-state index in [0.717, 1.165) is 11.3 Å². The molecule has 4 aromatic rings. The first-order valence-electron chi connectivity index (χ1n) is 11.2. The van der Waals surface area contributed by atoms with Gasteiger partial charge in [0.15, 0.2) is 0 Å². The fourth-order valence-corrected chi connectivity index (χ4v) is 4.52. The molecule has 8 nitrogen and oxygen atoms in total. The summed E-state index contributed by atoms with van der Waals surface area (Å²) in [6.45, 7) is 0. The minimum Gasteiger partial charge on any atom is -0.478 e. The zero-order valence-electron chi connectivity index (χ0n) is 18.6. The zero-order valence-corrected chi connectivity index (χ0v) is 18.6. The Morgan fingerprint density at radius 2 is 1.51 bits per heavy atom. The summed E-state index contributed by atoms with van der Waals surface area (Å²) in [7, 11) is 0. The number of benzene rings is 3. The van der Waals surface area contributed by atoms with Gasteiger partial charge in [0.05, 0.1) is 22.8 Å². The summed E-state index contributed by atoms with van der Waals surface area (Å²) in [5.74, 6) is -2.83. The normalized spacial score (nSPS) is 13.5. The number of pyridine rings is 1. The maximum Gasteiger partial charge on any atom is 0.337 e. The highest BCUT2D eigenvalue weighted by molar-refractivity contribution is 6.12. The van der Waals surface area contributed by atoms with Crippen molar-refractivity contribution in [3.05, 3.63) is 83.9 Å². The number of imide groups is 1. The predicted molar refractivity (Wildman–Crippen MR) is 125 cm³/mol. The maximum absolute atomic E-state index is 12.5. The Morgan fingerprint density at radius 1 is 0.857 bits per heavy atom. The third kappa shape index (κ3) is 3.99. The molecule has 2 amide bonds. The topological polar surface area (TPSA) is 105 Å². The van der Waals surface area contributed by atoms with Gasteiger partial charge in [0.25, 0.3) is 11.8 Å². The van der Waals surface area contributed by atoms with Gasteiger partial charge < -0.3 is 9.94 Å². The summed E-state index contributed by atoms with van der Waals surface area (Å²) in [4.78, 5) is 53.4. The van der Waals surface area contributed by atoms with Crippen molar-refractivity contribution in [1.29, 1.82) is 0 Å². The lowest BCUT2D eigenvalue weighted by molar-refractivity contribution is -0.538. The summed E-state index contributed by atoms with van der Waals surface area (Å²) >= 11 is 0. The van der Waals surface area contributed by atoms with Crippen molar-refractivity contribution in [2.45, 2.75) is 25.7 Å². The van der Waals surface area contributed by atoms with Crippen LogP contribution in [0.1, 0.15) is 35.2 Å². The van der Waals surface area contributed by atoms with E-state index in [0.29, 0.717) is 26.9 Å². The van der Waals surface area contributed by atoms with Crippen LogP contribution in [0.4, 0.5) is 0 Å². The highest BCUT2D eigenvalue weighted by Gasteiger charge is 2.33. The second-order valence-electron chi connectivity index (χ2n) is 8.23. The highest BCUT2D eigenvalue weighted by atomic mass is 16.7. The van der Waals surface area contributed by atoms with Crippen molar-refractivity contribution in [3.8, 4) is 5.69 Å². The molecule has 0 bridgehead atoms. The van der Waals surface area contributed by atoms with Crippen molar-refractivity contribution < 1.29 is 33.7 Å². The molecule has 1 saturated heterocycles. The van der Waals surface area contributed by atoms with Crippen LogP contribution in [0.3, 0.4) is 0 Å². The molecular formula is C27H21N2O6+. The molecule has 1 aliphatic rings. The van der Waals surface area contributed by atoms with Gasteiger partial charge in [-0.2, -0.15) is 4.57 Å². The maximum atomic E-state index is 12.5. The van der Waals surface area contributed by atoms with Gasteiger partial charge in [-0.1, -0.05) is 42.5 Å². The molecule has 174 valence electrons. The Bertz CT molecular complexity index is 1500. The number of aromatic nitrogens is 1. The fourth-order valence-electron chi connectivity index (χ4n) is 4.52. The van der Waals surface area contributed by atoms with Gasteiger partial charge in [0, 0.05) is 36.6 Å². The number of aryl methyl sites for hydroxylation is 1. The van der Waals surface area contributed by atoms with E-state index in [1.54, 1.807) is 24.3 Å². The number of hydrogen-bond donors (Lipinski definition) is 1. The molecule has 3 aromatic carbocycles. The number of para-hydroxylation sites is 3. The molecular weight excluding hydrogens is 448 g/mol. The molecule has 35 heavy (non-hydrogen) atoms. The Balaban J connectivity index is 1.64. The van der Waals surface area contributed by atoms with Crippen LogP contribution in [-0.2, 0) is 25.6 Å². The van der Waals surface area contributed by atoms with E-state index in [1.807, 2.05) is 53.1 Å². The first-order valence-corrected chi connectivity index (χ1v) is 11.2. The quantitative estimate of drug-likeness (QED) is 0.263. The van der Waals surface area contributed by atoms with Crippen molar-refractivity contribution >= 4 is 45.6 Å². The molecule has 0 atom stereocenters. The van der Waals surface area contributed by atoms with E-state index in [4.69, 9.17) is 4.84 Å². The van der Waals surface area contributed by atoms with E-state index in [-0.39, 0.29) is 31.2 Å². The van der Waals surface area contributed by atoms with Gasteiger partial charge in [-0.05, 0) is 18.6 Å². The van der Waals surface area contributed by atoms with Gasteiger partial charge in [-0.15, -0.1) is 5.06 Å². The monoisotopic (exact) mass is 469 g/mol. The number of hydroxylamine groups is 2. The van der Waals surface area contributed by atoms with Gasteiger partial charge in [-0.25, -0.2) is 9.59 Å². The molecule has 0 spiro atoms. The Morgan fingerprint density at radius 3 is 2.23 bits per heavy atom. The van der Waals surface area contributed by atoms with Crippen LogP contribution in [0.5, 0.6) is 0 Å². The summed E-state index contributed by atoms with van der Waals surface area (Å²) in [5, 5.41) is 11.8. The minimum absolute atomic E-state index is 0.0253. The van der Waals surface area contributed by atoms with Crippen molar-refractivity contribution in [3.63, 3.8) is 0 Å². The first kappa shape index (κ1) is 22.2. The molecule has 1 fully saturated rings. The first-order chi connectivity index (χ1) is 17.0. The molecule has 0 saturated carbocycles. The molecule has 0 unspecified atom stereocenters. The Labute approximate surface area is 199 Å². The lowest BCUT2D eigenvalue weighted by Crippen LogP contribution is -2.35. The van der Waals surface area contributed by atoms with E-state index in [2.05, 4.69) is 0 Å². The summed E-state index contributed by atoms with van der Waals surface area (Å²) in [5.41, 5.74) is 3.13. The smallest absolute Gasteiger partial charge is 0.337 e. The summed E-state index contributed by atoms with van der Waals surface area (Å²) in [6, 6.07) is 22.2. The second kappa shape index (κ2) is 8.98. The third-order valence-corrected chi connectivity index (χ3v) is 6.05. The van der Waals surface area contributed by atoms with Crippen LogP contribution in [-0.4, -0.2) is 33.9 Å². The van der Waals surface area contributed by atoms with Crippen LogP contribution in [0.2, 0.25) is 0 Å². The van der Waals surface area contributed by atoms with Crippen LogP contribution in [0.15, 0.2) is 72.8 Å². The Hall–Kier alpha value is -4.59. The van der Waals surface area contributed by atoms with Crippen molar-refractivity contribution in [2.24, 2.45) is 0 Å². The number of rotatable bonds is 6. The van der Waals surface area contributed by atoms with Gasteiger partial charge in [0.1, 0.15) is 0 Å². The third-order valence-electron chi connectivity index (χ3n) is 6.05. The number of hydrogen-bond acceptors (Lipinski definition) is 5. The van der Waals surface area contributed by atoms with Crippen LogP contribution in [0.25, 0.3) is 27.5 Å². The van der Waals surface area contributed by atoms with Crippen LogP contribution < -0.4 is 4.57 Å². The van der Waals surface area contributed by atoms with Crippen molar-refractivity contribution in [1.82, 2.24) is 5.06 Å². The van der Waals surface area contributed by atoms with Gasteiger partial charge >= 0.3 is 11.9 Å². The molecule has 2 heterocycles. The van der Waals surface area contributed by atoms with E-state index in [1.165, 1.54) is 0 Å². The molecule has 1 aromatic heterocycles. The molecule has 0 radical (unpaired) electrons. The predicted octanol–water partition coefficient (Wildman–Crippen LogP) is 3.51. The molecule has 8 heteroatoms. The zero-order chi connectivity index (χ0) is 24.5. The van der Waals surface area contributed by atoms with E-state index in [9.17, 15) is 24.3 Å². The average molecular weight is 469 g/mol. The average Bonchev–Trinajstić information content (AvgIpc) is 3.18. The number of nitrogens with zero attached hydrogens (tertiary/aromatic N) is 2. The number of carbonyl (C=O) groups is 4. The lowest BCUT2D eigenvalue weighted by Gasteiger charge is -2.14. The minimum atomic E-state index is -1.05. The number of carbonyl (C=O) groups excluding carboxylic acids is 3. The molecule has 0 aliphatic carbocycles. The highest BCUT2D eigenvalue weighted by Crippen LogP contribution is 2.29. The number of aromatic carboxylic acids is 1.